The van der Waals surface area contributed by atoms with Crippen LogP contribution < -0.4 is 15.0 Å². The fourth-order valence-electron chi connectivity index (χ4n) is 3.50. The maximum Gasteiger partial charge on any atom is 0.272 e. The van der Waals surface area contributed by atoms with Gasteiger partial charge in [0.1, 0.15) is 5.75 Å². The number of hydrogen-bond donors (Lipinski definition) is 1. The minimum absolute atomic E-state index is 0.317. The summed E-state index contributed by atoms with van der Waals surface area (Å²) in [5.41, 5.74) is 2.97. The van der Waals surface area contributed by atoms with E-state index >= 15 is 0 Å². The van der Waals surface area contributed by atoms with Crippen LogP contribution in [0.1, 0.15) is 18.1 Å². The Balaban J connectivity index is 1.63. The predicted octanol–water partition coefficient (Wildman–Crippen LogP) is 4.72. The normalized spacial score (nSPS) is 16.4. The molecule has 6 nitrogen and oxygen atoms in total. The third-order valence-corrected chi connectivity index (χ3v) is 5.98. The molecule has 2 amide bonds. The number of anilines is 1. The molecule has 0 aliphatic carbocycles. The van der Waals surface area contributed by atoms with Crippen LogP contribution in [-0.2, 0) is 9.59 Å². The maximum atomic E-state index is 13.2. The van der Waals surface area contributed by atoms with Crippen molar-refractivity contribution in [1.29, 1.82) is 0 Å². The number of nitrogens with one attached hydrogen (secondary N) is 1. The zero-order chi connectivity index (χ0) is 23.5. The number of likely N-dealkylation sites (N-methyl/N-ethyl adjacent to an activating group) is 1. The molecule has 1 N–H and O–H groups in total. The van der Waals surface area contributed by atoms with E-state index in [4.69, 9.17) is 27.9 Å². The Labute approximate surface area is 201 Å². The standard InChI is InChI=1S/C25H21Cl2N3O3/c1-15(33-17-12-13-19(26)20(27)14-17)24(31)29-23-25(32)30(2)21-11-7-6-10-18(21)22(28-23)16-8-4-3-5-9-16/h3-15,23H,1-2H3,(H,29,31)/t15?,23-/m1/s1. The number of carbonyl (C=O) groups excluding carboxylic acids is 2. The van der Waals surface area contributed by atoms with Gasteiger partial charge in [-0.15, -0.1) is 0 Å². The molecule has 1 heterocycles. The second kappa shape index (κ2) is 9.65. The summed E-state index contributed by atoms with van der Waals surface area (Å²) in [6.45, 7) is 1.58. The van der Waals surface area contributed by atoms with Gasteiger partial charge in [-0.05, 0) is 25.1 Å². The van der Waals surface area contributed by atoms with Crippen molar-refractivity contribution in [3.05, 3.63) is 94.0 Å². The third kappa shape index (κ3) is 4.87. The van der Waals surface area contributed by atoms with Crippen molar-refractivity contribution < 1.29 is 14.3 Å². The fourth-order valence-corrected chi connectivity index (χ4v) is 3.79. The van der Waals surface area contributed by atoms with Crippen LogP contribution in [0.4, 0.5) is 5.69 Å². The predicted molar refractivity (Wildman–Crippen MR) is 130 cm³/mol. The monoisotopic (exact) mass is 481 g/mol. The summed E-state index contributed by atoms with van der Waals surface area (Å²) in [5, 5.41) is 3.42. The lowest BCUT2D eigenvalue weighted by molar-refractivity contribution is -0.131. The number of carbonyl (C=O) groups is 2. The fraction of sp³-hybridized carbons (Fsp3) is 0.160. The molecule has 0 bridgehead atoms. The number of aliphatic imine (C=N–C) groups is 1. The second-order valence-electron chi connectivity index (χ2n) is 7.51. The number of fused-ring (bicyclic) bond motifs is 1. The van der Waals surface area contributed by atoms with Crippen LogP contribution in [-0.4, -0.2) is 36.8 Å². The Hall–Kier alpha value is -3.35. The van der Waals surface area contributed by atoms with E-state index in [0.717, 1.165) is 11.1 Å². The smallest absolute Gasteiger partial charge is 0.272 e. The highest BCUT2D eigenvalue weighted by molar-refractivity contribution is 6.42. The number of nitrogens with zero attached hydrogens (tertiary/aromatic N) is 2. The molecule has 0 radical (unpaired) electrons. The molecule has 0 aromatic heterocycles. The molecule has 1 aliphatic heterocycles. The lowest BCUT2D eigenvalue weighted by atomic mass is 10.0. The average molecular weight is 482 g/mol. The zero-order valence-corrected chi connectivity index (χ0v) is 19.5. The SMILES string of the molecule is CC(Oc1ccc(Cl)c(Cl)c1)C(=O)N[C@H]1N=C(c2ccccc2)c2ccccc2N(C)C1=O. The third-order valence-electron chi connectivity index (χ3n) is 5.24. The summed E-state index contributed by atoms with van der Waals surface area (Å²) in [7, 11) is 1.67. The van der Waals surface area contributed by atoms with Crippen molar-refractivity contribution in [2.24, 2.45) is 4.99 Å². The van der Waals surface area contributed by atoms with Crippen molar-refractivity contribution in [1.82, 2.24) is 5.32 Å². The molecule has 3 aromatic rings. The molecule has 33 heavy (non-hydrogen) atoms. The largest absolute Gasteiger partial charge is 0.481 e. The van der Waals surface area contributed by atoms with Crippen molar-refractivity contribution in [3.8, 4) is 5.75 Å². The van der Waals surface area contributed by atoms with Crippen LogP contribution in [0.15, 0.2) is 77.8 Å². The topological polar surface area (TPSA) is 71.0 Å². The molecular formula is C25H21Cl2N3O3. The molecule has 1 unspecified atom stereocenters. The maximum absolute atomic E-state index is 13.2. The van der Waals surface area contributed by atoms with Gasteiger partial charge in [0.25, 0.3) is 11.8 Å². The van der Waals surface area contributed by atoms with Crippen LogP contribution in [0, 0.1) is 0 Å². The van der Waals surface area contributed by atoms with E-state index in [1.54, 1.807) is 26.1 Å². The van der Waals surface area contributed by atoms with Gasteiger partial charge in [0.05, 0.1) is 21.4 Å². The number of ether oxygens (including phenoxy) is 1. The number of amides is 2. The number of benzodiazepines with no additional fused rings is 1. The zero-order valence-electron chi connectivity index (χ0n) is 18.0. The first-order valence-electron chi connectivity index (χ1n) is 10.3. The van der Waals surface area contributed by atoms with Gasteiger partial charge in [0.2, 0.25) is 6.17 Å². The summed E-state index contributed by atoms with van der Waals surface area (Å²) in [5.74, 6) is -0.462. The van der Waals surface area contributed by atoms with Crippen LogP contribution in [0.5, 0.6) is 5.75 Å². The van der Waals surface area contributed by atoms with E-state index in [1.807, 2.05) is 54.6 Å². The Morgan fingerprint density at radius 2 is 1.73 bits per heavy atom. The summed E-state index contributed by atoms with van der Waals surface area (Å²) in [6.07, 6.45) is -2.02. The van der Waals surface area contributed by atoms with Gasteiger partial charge in [0, 0.05) is 24.2 Å². The highest BCUT2D eigenvalue weighted by Crippen LogP contribution is 2.28. The van der Waals surface area contributed by atoms with Crippen LogP contribution in [0.25, 0.3) is 0 Å². The first-order valence-corrected chi connectivity index (χ1v) is 11.0. The minimum atomic E-state index is -1.12. The molecule has 4 rings (SSSR count). The van der Waals surface area contributed by atoms with Crippen molar-refractivity contribution in [2.75, 3.05) is 11.9 Å². The van der Waals surface area contributed by atoms with Gasteiger partial charge in [-0.2, -0.15) is 0 Å². The molecule has 0 saturated carbocycles. The van der Waals surface area contributed by atoms with Crippen molar-refractivity contribution in [2.45, 2.75) is 19.2 Å². The number of halogens is 2. The van der Waals surface area contributed by atoms with Crippen LogP contribution >= 0.6 is 23.2 Å². The summed E-state index contributed by atoms with van der Waals surface area (Å²) >= 11 is 12.0. The Morgan fingerprint density at radius 1 is 1.03 bits per heavy atom. The molecule has 0 fully saturated rings. The van der Waals surface area contributed by atoms with Gasteiger partial charge in [0.15, 0.2) is 6.10 Å². The molecule has 168 valence electrons. The Morgan fingerprint density at radius 3 is 2.45 bits per heavy atom. The van der Waals surface area contributed by atoms with E-state index < -0.39 is 18.2 Å². The van der Waals surface area contributed by atoms with Crippen molar-refractivity contribution >= 4 is 46.4 Å². The van der Waals surface area contributed by atoms with Gasteiger partial charge in [-0.25, -0.2) is 4.99 Å². The number of hydrogen-bond acceptors (Lipinski definition) is 4. The number of benzene rings is 3. The van der Waals surface area contributed by atoms with E-state index in [1.165, 1.54) is 11.0 Å². The second-order valence-corrected chi connectivity index (χ2v) is 8.32. The van der Waals surface area contributed by atoms with Gasteiger partial charge in [-0.3, -0.25) is 9.59 Å². The average Bonchev–Trinajstić information content (AvgIpc) is 2.92. The summed E-state index contributed by atoms with van der Waals surface area (Å²) < 4.78 is 5.69. The van der Waals surface area contributed by atoms with Gasteiger partial charge >= 0.3 is 0 Å². The van der Waals surface area contributed by atoms with Crippen LogP contribution in [0.2, 0.25) is 10.0 Å². The Kier molecular flexibility index (Phi) is 6.67. The summed E-state index contributed by atoms with van der Waals surface area (Å²) in [4.78, 5) is 32.3. The molecule has 0 spiro atoms. The van der Waals surface area contributed by atoms with E-state index in [0.29, 0.717) is 27.2 Å². The first-order chi connectivity index (χ1) is 15.8. The van der Waals surface area contributed by atoms with E-state index in [2.05, 4.69) is 10.3 Å². The molecule has 8 heteroatoms. The lowest BCUT2D eigenvalue weighted by Crippen LogP contribution is -2.49. The lowest BCUT2D eigenvalue weighted by Gasteiger charge is -2.22. The van der Waals surface area contributed by atoms with E-state index in [9.17, 15) is 9.59 Å². The molecular weight excluding hydrogens is 461 g/mol. The highest BCUT2D eigenvalue weighted by atomic mass is 35.5. The van der Waals surface area contributed by atoms with Crippen molar-refractivity contribution in [3.63, 3.8) is 0 Å². The minimum Gasteiger partial charge on any atom is -0.481 e. The quantitative estimate of drug-likeness (QED) is 0.573. The van der Waals surface area contributed by atoms with E-state index in [-0.39, 0.29) is 5.91 Å². The van der Waals surface area contributed by atoms with Gasteiger partial charge < -0.3 is 15.0 Å². The highest BCUT2D eigenvalue weighted by Gasteiger charge is 2.32. The number of rotatable bonds is 5. The molecule has 3 aromatic carbocycles. The van der Waals surface area contributed by atoms with Crippen LogP contribution in [0.3, 0.4) is 0 Å². The summed E-state index contributed by atoms with van der Waals surface area (Å²) in [6, 6.07) is 21.8. The molecule has 1 aliphatic rings. The van der Waals surface area contributed by atoms with Gasteiger partial charge in [-0.1, -0.05) is 71.7 Å². The first kappa shape index (κ1) is 22.8. The molecule has 2 atom stereocenters. The molecule has 0 saturated heterocycles. The number of para-hydroxylation sites is 1. The Bertz CT molecular complexity index is 1230.